The summed E-state index contributed by atoms with van der Waals surface area (Å²) in [6.45, 7) is 9.08. The number of hydrogen-bond donors (Lipinski definition) is 0. The highest BCUT2D eigenvalue weighted by atomic mass is 16.5. The summed E-state index contributed by atoms with van der Waals surface area (Å²) in [6, 6.07) is 20.0. The van der Waals surface area contributed by atoms with Crippen molar-refractivity contribution in [1.82, 2.24) is 9.80 Å². The zero-order chi connectivity index (χ0) is 28.0. The lowest BCUT2D eigenvalue weighted by molar-refractivity contribution is -0.136. The first kappa shape index (κ1) is 29.2. The Bertz CT molecular complexity index is 1080. The maximum absolute atomic E-state index is 13.8. The zero-order valence-electron chi connectivity index (χ0n) is 25.3. The number of methoxy groups -OCH3 is 1. The van der Waals surface area contributed by atoms with E-state index in [0.717, 1.165) is 56.7 Å². The highest BCUT2D eigenvalue weighted by Gasteiger charge is 2.50. The number of unbranched alkanes of at least 4 members (excludes halogenated alkanes) is 2. The molecule has 0 N–H and O–H groups in total. The van der Waals surface area contributed by atoms with E-state index < -0.39 is 0 Å². The number of hydrogen-bond acceptors (Lipinski definition) is 3. The van der Waals surface area contributed by atoms with Gasteiger partial charge in [-0.05, 0) is 105 Å². The molecule has 1 aliphatic heterocycles. The summed E-state index contributed by atoms with van der Waals surface area (Å²) in [6.07, 6.45) is 12.5. The lowest BCUT2D eigenvalue weighted by Gasteiger charge is -2.55. The van der Waals surface area contributed by atoms with Crippen molar-refractivity contribution in [2.75, 3.05) is 33.3 Å². The maximum Gasteiger partial charge on any atom is 0.222 e. The Hall–Kier alpha value is -2.33. The quantitative estimate of drug-likeness (QED) is 0.245. The first-order valence-electron chi connectivity index (χ1n) is 16.2. The van der Waals surface area contributed by atoms with Gasteiger partial charge in [0.25, 0.3) is 0 Å². The Labute approximate surface area is 243 Å². The fourth-order valence-electron chi connectivity index (χ4n) is 7.64. The topological polar surface area (TPSA) is 32.8 Å². The van der Waals surface area contributed by atoms with Crippen LogP contribution in [-0.4, -0.2) is 55.0 Å². The van der Waals surface area contributed by atoms with Crippen LogP contribution in [0.3, 0.4) is 0 Å². The summed E-state index contributed by atoms with van der Waals surface area (Å²) < 4.78 is 5.69. The lowest BCUT2D eigenvalue weighted by atomic mass is 9.57. The number of carbonyl (C=O) groups is 1. The molecule has 1 amide bonds. The van der Waals surface area contributed by atoms with E-state index >= 15 is 0 Å². The Kier molecular flexibility index (Phi) is 9.89. The maximum atomic E-state index is 13.8. The van der Waals surface area contributed by atoms with Gasteiger partial charge in [-0.3, -0.25) is 4.79 Å². The average Bonchev–Trinajstić information content (AvgIpc) is 3.80. The molecule has 4 heteroatoms. The molecule has 4 nitrogen and oxygen atoms in total. The molecular formula is C36H52N2O2. The molecule has 2 aliphatic carbocycles. The van der Waals surface area contributed by atoms with Gasteiger partial charge in [-0.2, -0.15) is 0 Å². The normalized spacial score (nSPS) is 25.0. The number of fused-ring (bicyclic) bond motifs is 1. The minimum atomic E-state index is 0.128. The number of nitrogens with zero attached hydrogens (tertiary/aromatic N) is 2. The average molecular weight is 545 g/mol. The molecule has 5 rings (SSSR count). The molecule has 0 bridgehead atoms. The van der Waals surface area contributed by atoms with Crippen LogP contribution in [0.1, 0.15) is 89.2 Å². The van der Waals surface area contributed by atoms with Gasteiger partial charge in [-0.15, -0.1) is 0 Å². The van der Waals surface area contributed by atoms with E-state index in [0.29, 0.717) is 30.2 Å². The molecule has 0 aromatic heterocycles. The van der Waals surface area contributed by atoms with Gasteiger partial charge >= 0.3 is 0 Å². The fraction of sp³-hybridized carbons (Fsp3) is 0.639. The van der Waals surface area contributed by atoms with Gasteiger partial charge in [0.2, 0.25) is 5.91 Å². The molecule has 1 heterocycles. The standard InChI is InChI=1S/C36H52N2O2/c1-28(2)25-38(35(39)16-9-5-8-13-29-11-6-4-7-12-29)33-20-19-32-27-37(26-30-17-18-30)22-21-36(32,24-33)31-14-10-15-34(23-31)40-3/h4,6-7,10-12,14-15,23,28,30,32-33H,5,8-9,13,16-22,24-27H2,1-3H3/t32-,33-,36+/m1/s1. The second kappa shape index (κ2) is 13.6. The summed E-state index contributed by atoms with van der Waals surface area (Å²) in [4.78, 5) is 18.9. The highest BCUT2D eigenvalue weighted by Crippen LogP contribution is 2.51. The van der Waals surface area contributed by atoms with Gasteiger partial charge in [0.05, 0.1) is 7.11 Å². The third-order valence-corrected chi connectivity index (χ3v) is 9.96. The van der Waals surface area contributed by atoms with E-state index in [1.54, 1.807) is 7.11 Å². The molecule has 2 saturated carbocycles. The molecule has 0 spiro atoms. The zero-order valence-corrected chi connectivity index (χ0v) is 25.3. The van der Waals surface area contributed by atoms with Crippen LogP contribution in [0.4, 0.5) is 0 Å². The van der Waals surface area contributed by atoms with Crippen LogP contribution in [0.2, 0.25) is 0 Å². The number of ether oxygens (including phenoxy) is 1. The van der Waals surface area contributed by atoms with Crippen molar-refractivity contribution in [3.8, 4) is 5.75 Å². The van der Waals surface area contributed by atoms with Gasteiger partial charge < -0.3 is 14.5 Å². The molecule has 3 atom stereocenters. The number of amides is 1. The van der Waals surface area contributed by atoms with Crippen LogP contribution in [0.25, 0.3) is 0 Å². The highest BCUT2D eigenvalue weighted by molar-refractivity contribution is 5.76. The monoisotopic (exact) mass is 544 g/mol. The Balaban J connectivity index is 1.27. The van der Waals surface area contributed by atoms with Crippen LogP contribution < -0.4 is 4.74 Å². The first-order chi connectivity index (χ1) is 19.5. The Morgan fingerprint density at radius 2 is 1.85 bits per heavy atom. The summed E-state index contributed by atoms with van der Waals surface area (Å²) in [7, 11) is 1.78. The third kappa shape index (κ3) is 7.29. The van der Waals surface area contributed by atoms with Crippen molar-refractivity contribution >= 4 is 5.91 Å². The molecule has 3 fully saturated rings. The van der Waals surface area contributed by atoms with Crippen molar-refractivity contribution in [1.29, 1.82) is 0 Å². The van der Waals surface area contributed by atoms with Gasteiger partial charge in [-0.1, -0.05) is 62.7 Å². The minimum Gasteiger partial charge on any atom is -0.497 e. The number of carbonyl (C=O) groups excluding carboxylic acids is 1. The van der Waals surface area contributed by atoms with E-state index in [2.05, 4.69) is 78.2 Å². The number of aryl methyl sites for hydroxylation is 1. The van der Waals surface area contributed by atoms with E-state index in [4.69, 9.17) is 4.74 Å². The lowest BCUT2D eigenvalue weighted by Crippen LogP contribution is -2.57. The van der Waals surface area contributed by atoms with Gasteiger partial charge in [-0.25, -0.2) is 0 Å². The molecule has 3 aliphatic rings. The molecule has 2 aromatic rings. The predicted molar refractivity (Wildman–Crippen MR) is 165 cm³/mol. The van der Waals surface area contributed by atoms with Crippen LogP contribution in [0.5, 0.6) is 5.75 Å². The van der Waals surface area contributed by atoms with Crippen molar-refractivity contribution in [2.45, 2.75) is 95.9 Å². The SMILES string of the molecule is COc1cccc([C@@]23CCN(CC4CC4)C[C@H]2CC[C@@H](N(CC(C)C)C(=O)CCCCCc2ccccc2)C3)c1. The molecule has 218 valence electrons. The molecule has 0 unspecified atom stereocenters. The fourth-order valence-corrected chi connectivity index (χ4v) is 7.64. The molecular weight excluding hydrogens is 492 g/mol. The van der Waals surface area contributed by atoms with Crippen LogP contribution in [0.15, 0.2) is 54.6 Å². The minimum absolute atomic E-state index is 0.128. The summed E-state index contributed by atoms with van der Waals surface area (Å²) >= 11 is 0. The van der Waals surface area contributed by atoms with E-state index in [1.807, 2.05) is 0 Å². The molecule has 40 heavy (non-hydrogen) atoms. The van der Waals surface area contributed by atoms with Crippen LogP contribution in [-0.2, 0) is 16.6 Å². The first-order valence-corrected chi connectivity index (χ1v) is 16.2. The van der Waals surface area contributed by atoms with Gasteiger partial charge in [0.15, 0.2) is 0 Å². The van der Waals surface area contributed by atoms with Crippen LogP contribution in [0, 0.1) is 17.8 Å². The number of benzene rings is 2. The number of rotatable bonds is 13. The smallest absolute Gasteiger partial charge is 0.222 e. The second-order valence-corrected chi connectivity index (χ2v) is 13.5. The van der Waals surface area contributed by atoms with E-state index in [9.17, 15) is 4.79 Å². The molecule has 2 aromatic carbocycles. The predicted octanol–water partition coefficient (Wildman–Crippen LogP) is 7.51. The number of piperidine rings is 1. The van der Waals surface area contributed by atoms with E-state index in [-0.39, 0.29) is 5.41 Å². The van der Waals surface area contributed by atoms with E-state index in [1.165, 1.54) is 56.4 Å². The number of likely N-dealkylation sites (tertiary alicyclic amines) is 1. The summed E-state index contributed by atoms with van der Waals surface area (Å²) in [5, 5.41) is 0. The Morgan fingerprint density at radius 3 is 2.60 bits per heavy atom. The second-order valence-electron chi connectivity index (χ2n) is 13.5. The van der Waals surface area contributed by atoms with Crippen molar-refractivity contribution in [3.05, 3.63) is 65.7 Å². The molecule has 0 radical (unpaired) electrons. The largest absolute Gasteiger partial charge is 0.497 e. The Morgan fingerprint density at radius 1 is 1.02 bits per heavy atom. The van der Waals surface area contributed by atoms with Crippen molar-refractivity contribution in [3.63, 3.8) is 0 Å². The van der Waals surface area contributed by atoms with Gasteiger partial charge in [0, 0.05) is 37.5 Å². The van der Waals surface area contributed by atoms with Crippen molar-refractivity contribution in [2.24, 2.45) is 17.8 Å². The molecule has 1 saturated heterocycles. The third-order valence-electron chi connectivity index (χ3n) is 9.96. The van der Waals surface area contributed by atoms with Crippen LogP contribution >= 0.6 is 0 Å². The summed E-state index contributed by atoms with van der Waals surface area (Å²) in [5.41, 5.74) is 2.96. The summed E-state index contributed by atoms with van der Waals surface area (Å²) in [5.74, 6) is 3.40. The van der Waals surface area contributed by atoms with Gasteiger partial charge in [0.1, 0.15) is 5.75 Å². The van der Waals surface area contributed by atoms with Crippen molar-refractivity contribution < 1.29 is 9.53 Å².